The standard InChI is InChI=1S/C15H15NO2/c1-11-6-5-9-13(16)14(11)15(17)18-10-12-7-3-2-4-8-12/h2-9H,10,16H2,1H3. The van der Waals surface area contributed by atoms with Crippen LogP contribution in [0.3, 0.4) is 0 Å². The fourth-order valence-electron chi connectivity index (χ4n) is 1.76. The number of nitrogen functional groups attached to an aromatic ring is 1. The van der Waals surface area contributed by atoms with E-state index in [0.717, 1.165) is 11.1 Å². The molecule has 0 aliphatic heterocycles. The first kappa shape index (κ1) is 12.2. The van der Waals surface area contributed by atoms with Crippen LogP contribution in [0.15, 0.2) is 48.5 Å². The summed E-state index contributed by atoms with van der Waals surface area (Å²) in [6.45, 7) is 2.10. The minimum Gasteiger partial charge on any atom is -0.457 e. The molecular formula is C15H15NO2. The lowest BCUT2D eigenvalue weighted by molar-refractivity contribution is 0.0473. The summed E-state index contributed by atoms with van der Waals surface area (Å²) in [6, 6.07) is 14.9. The van der Waals surface area contributed by atoms with E-state index in [1.165, 1.54) is 0 Å². The maximum absolute atomic E-state index is 12.0. The van der Waals surface area contributed by atoms with E-state index in [4.69, 9.17) is 10.5 Å². The maximum Gasteiger partial charge on any atom is 0.340 e. The highest BCUT2D eigenvalue weighted by Gasteiger charge is 2.13. The zero-order valence-corrected chi connectivity index (χ0v) is 10.2. The van der Waals surface area contributed by atoms with Crippen LogP contribution in [-0.2, 0) is 11.3 Å². The molecule has 0 radical (unpaired) electrons. The smallest absolute Gasteiger partial charge is 0.340 e. The van der Waals surface area contributed by atoms with E-state index in [-0.39, 0.29) is 12.6 Å². The van der Waals surface area contributed by atoms with E-state index in [9.17, 15) is 4.79 Å². The number of esters is 1. The van der Waals surface area contributed by atoms with Crippen molar-refractivity contribution in [1.29, 1.82) is 0 Å². The minimum absolute atomic E-state index is 0.257. The number of anilines is 1. The highest BCUT2D eigenvalue weighted by molar-refractivity contribution is 5.96. The first-order valence-corrected chi connectivity index (χ1v) is 5.74. The number of hydrogen-bond donors (Lipinski definition) is 1. The van der Waals surface area contributed by atoms with Gasteiger partial charge in [0.25, 0.3) is 0 Å². The fraction of sp³-hybridized carbons (Fsp3) is 0.133. The van der Waals surface area contributed by atoms with Crippen LogP contribution in [0.1, 0.15) is 21.5 Å². The molecule has 92 valence electrons. The molecule has 2 aromatic carbocycles. The molecule has 0 bridgehead atoms. The third kappa shape index (κ3) is 2.69. The summed E-state index contributed by atoms with van der Waals surface area (Å²) in [5.74, 6) is -0.380. The molecule has 0 unspecified atom stereocenters. The van der Waals surface area contributed by atoms with Crippen LogP contribution in [0.4, 0.5) is 5.69 Å². The molecule has 3 heteroatoms. The lowest BCUT2D eigenvalue weighted by Crippen LogP contribution is -2.10. The first-order valence-electron chi connectivity index (χ1n) is 5.74. The van der Waals surface area contributed by atoms with Crippen molar-refractivity contribution in [1.82, 2.24) is 0 Å². The van der Waals surface area contributed by atoms with E-state index in [1.807, 2.05) is 49.4 Å². The number of hydrogen-bond acceptors (Lipinski definition) is 3. The molecule has 2 N–H and O–H groups in total. The molecule has 0 aromatic heterocycles. The van der Waals surface area contributed by atoms with Gasteiger partial charge in [-0.25, -0.2) is 4.79 Å². The summed E-state index contributed by atoms with van der Waals surface area (Å²) in [5, 5.41) is 0. The number of carbonyl (C=O) groups is 1. The van der Waals surface area contributed by atoms with E-state index >= 15 is 0 Å². The van der Waals surface area contributed by atoms with Gasteiger partial charge < -0.3 is 10.5 Å². The lowest BCUT2D eigenvalue weighted by atomic mass is 10.1. The summed E-state index contributed by atoms with van der Waals surface area (Å²) in [7, 11) is 0. The SMILES string of the molecule is Cc1cccc(N)c1C(=O)OCc1ccccc1. The third-order valence-corrected chi connectivity index (χ3v) is 2.72. The van der Waals surface area contributed by atoms with Crippen molar-refractivity contribution in [3.8, 4) is 0 Å². The van der Waals surface area contributed by atoms with Crippen LogP contribution < -0.4 is 5.73 Å². The average molecular weight is 241 g/mol. The summed E-state index contributed by atoms with van der Waals surface area (Å²) in [5.41, 5.74) is 8.48. The van der Waals surface area contributed by atoms with Gasteiger partial charge in [-0.05, 0) is 24.1 Å². The van der Waals surface area contributed by atoms with Gasteiger partial charge in [-0.1, -0.05) is 42.5 Å². The monoisotopic (exact) mass is 241 g/mol. The molecule has 0 atom stereocenters. The Kier molecular flexibility index (Phi) is 3.63. The van der Waals surface area contributed by atoms with Gasteiger partial charge in [-0.2, -0.15) is 0 Å². The second kappa shape index (κ2) is 5.36. The Morgan fingerprint density at radius 2 is 1.83 bits per heavy atom. The van der Waals surface area contributed by atoms with Crippen LogP contribution in [0.25, 0.3) is 0 Å². The Morgan fingerprint density at radius 1 is 1.11 bits per heavy atom. The summed E-state index contributed by atoms with van der Waals surface area (Å²) in [6.07, 6.45) is 0. The zero-order chi connectivity index (χ0) is 13.0. The predicted octanol–water partition coefficient (Wildman–Crippen LogP) is 2.93. The number of rotatable bonds is 3. The summed E-state index contributed by atoms with van der Waals surface area (Å²) >= 11 is 0. The Bertz CT molecular complexity index is 529. The summed E-state index contributed by atoms with van der Waals surface area (Å²) < 4.78 is 5.26. The quantitative estimate of drug-likeness (QED) is 0.664. The first-order chi connectivity index (χ1) is 8.68. The second-order valence-electron chi connectivity index (χ2n) is 4.10. The third-order valence-electron chi connectivity index (χ3n) is 2.72. The van der Waals surface area contributed by atoms with Crippen LogP contribution in [0.2, 0.25) is 0 Å². The van der Waals surface area contributed by atoms with Gasteiger partial charge in [-0.3, -0.25) is 0 Å². The Morgan fingerprint density at radius 3 is 2.50 bits per heavy atom. The van der Waals surface area contributed by atoms with Crippen LogP contribution >= 0.6 is 0 Å². The van der Waals surface area contributed by atoms with Crippen molar-refractivity contribution < 1.29 is 9.53 Å². The predicted molar refractivity (Wildman–Crippen MR) is 71.2 cm³/mol. The van der Waals surface area contributed by atoms with Gasteiger partial charge in [0.1, 0.15) is 6.61 Å². The average Bonchev–Trinajstić information content (AvgIpc) is 2.37. The molecule has 18 heavy (non-hydrogen) atoms. The Labute approximate surface area is 106 Å². The van der Waals surface area contributed by atoms with E-state index in [2.05, 4.69) is 0 Å². The number of benzene rings is 2. The van der Waals surface area contributed by atoms with Crippen LogP contribution in [0, 0.1) is 6.92 Å². The van der Waals surface area contributed by atoms with Crippen molar-refractivity contribution in [3.05, 3.63) is 65.2 Å². The lowest BCUT2D eigenvalue weighted by Gasteiger charge is -2.09. The van der Waals surface area contributed by atoms with Crippen molar-refractivity contribution >= 4 is 11.7 Å². The van der Waals surface area contributed by atoms with Gasteiger partial charge in [0, 0.05) is 5.69 Å². The molecule has 0 aliphatic carbocycles. The molecule has 2 rings (SSSR count). The number of aryl methyl sites for hydroxylation is 1. The van der Waals surface area contributed by atoms with E-state index in [0.29, 0.717) is 11.3 Å². The number of ether oxygens (including phenoxy) is 1. The van der Waals surface area contributed by atoms with Crippen LogP contribution in [-0.4, -0.2) is 5.97 Å². The fourth-order valence-corrected chi connectivity index (χ4v) is 1.76. The highest BCUT2D eigenvalue weighted by atomic mass is 16.5. The molecular weight excluding hydrogens is 226 g/mol. The summed E-state index contributed by atoms with van der Waals surface area (Å²) in [4.78, 5) is 12.0. The van der Waals surface area contributed by atoms with Gasteiger partial charge in [-0.15, -0.1) is 0 Å². The molecule has 3 nitrogen and oxygen atoms in total. The van der Waals surface area contributed by atoms with Crippen molar-refractivity contribution in [2.45, 2.75) is 13.5 Å². The Balaban J connectivity index is 2.09. The van der Waals surface area contributed by atoms with Gasteiger partial charge >= 0.3 is 5.97 Å². The molecule has 0 fully saturated rings. The van der Waals surface area contributed by atoms with Gasteiger partial charge in [0.15, 0.2) is 0 Å². The topological polar surface area (TPSA) is 52.3 Å². The Hall–Kier alpha value is -2.29. The largest absolute Gasteiger partial charge is 0.457 e. The highest BCUT2D eigenvalue weighted by Crippen LogP contribution is 2.18. The molecule has 0 aliphatic rings. The van der Waals surface area contributed by atoms with E-state index in [1.54, 1.807) is 6.07 Å². The minimum atomic E-state index is -0.380. The number of carbonyl (C=O) groups excluding carboxylic acids is 1. The molecule has 2 aromatic rings. The molecule has 0 heterocycles. The zero-order valence-electron chi connectivity index (χ0n) is 10.2. The molecule has 0 amide bonds. The molecule has 0 saturated heterocycles. The molecule has 0 saturated carbocycles. The molecule has 0 spiro atoms. The normalized spacial score (nSPS) is 10.1. The van der Waals surface area contributed by atoms with Crippen molar-refractivity contribution in [2.75, 3.05) is 5.73 Å². The van der Waals surface area contributed by atoms with Gasteiger partial charge in [0.05, 0.1) is 5.56 Å². The van der Waals surface area contributed by atoms with Gasteiger partial charge in [0.2, 0.25) is 0 Å². The van der Waals surface area contributed by atoms with Crippen LogP contribution in [0.5, 0.6) is 0 Å². The van der Waals surface area contributed by atoms with Crippen molar-refractivity contribution in [3.63, 3.8) is 0 Å². The maximum atomic E-state index is 12.0. The second-order valence-corrected chi connectivity index (χ2v) is 4.10. The van der Waals surface area contributed by atoms with Crippen molar-refractivity contribution in [2.24, 2.45) is 0 Å². The number of nitrogens with two attached hydrogens (primary N) is 1. The van der Waals surface area contributed by atoms with E-state index < -0.39 is 0 Å².